The van der Waals surface area contributed by atoms with Gasteiger partial charge in [0.1, 0.15) is 12.4 Å². The number of carbonyl (C=O) groups is 1. The number of aryl methyl sites for hydroxylation is 2. The largest absolute Gasteiger partial charge is 0.490 e. The van der Waals surface area contributed by atoms with E-state index in [9.17, 15) is 4.79 Å². The van der Waals surface area contributed by atoms with Crippen LogP contribution in [0.1, 0.15) is 41.5 Å². The SMILES string of the molecule is Cc1ccc(C)c(C2=C(OCc3ccccc3)C(CC3CCSCC3)NC2=O)c1. The topological polar surface area (TPSA) is 38.3 Å². The fourth-order valence-electron chi connectivity index (χ4n) is 4.23. The molecule has 0 radical (unpaired) electrons. The van der Waals surface area contributed by atoms with Crippen molar-refractivity contribution in [2.45, 2.75) is 45.8 Å². The number of amides is 1. The Labute approximate surface area is 177 Å². The lowest BCUT2D eigenvalue weighted by Gasteiger charge is -2.25. The smallest absolute Gasteiger partial charge is 0.255 e. The van der Waals surface area contributed by atoms with E-state index in [0.29, 0.717) is 12.5 Å². The maximum absolute atomic E-state index is 13.1. The van der Waals surface area contributed by atoms with E-state index < -0.39 is 0 Å². The van der Waals surface area contributed by atoms with Gasteiger partial charge in [-0.3, -0.25) is 4.79 Å². The van der Waals surface area contributed by atoms with Crippen molar-refractivity contribution < 1.29 is 9.53 Å². The lowest BCUT2D eigenvalue weighted by molar-refractivity contribution is -0.115. The number of rotatable bonds is 6. The van der Waals surface area contributed by atoms with Crippen LogP contribution in [-0.4, -0.2) is 23.5 Å². The minimum absolute atomic E-state index is 0.00283. The van der Waals surface area contributed by atoms with Gasteiger partial charge in [-0.25, -0.2) is 0 Å². The van der Waals surface area contributed by atoms with Gasteiger partial charge in [0.15, 0.2) is 0 Å². The Bertz CT molecular complexity index is 900. The molecule has 2 aliphatic rings. The summed E-state index contributed by atoms with van der Waals surface area (Å²) in [5.41, 5.74) is 5.09. The predicted molar refractivity (Wildman–Crippen MR) is 121 cm³/mol. The van der Waals surface area contributed by atoms with E-state index in [2.05, 4.69) is 49.5 Å². The number of benzene rings is 2. The minimum Gasteiger partial charge on any atom is -0.490 e. The first kappa shape index (κ1) is 20.1. The number of thioether (sulfide) groups is 1. The Balaban J connectivity index is 1.66. The molecule has 29 heavy (non-hydrogen) atoms. The van der Waals surface area contributed by atoms with Gasteiger partial charge in [0.2, 0.25) is 0 Å². The van der Waals surface area contributed by atoms with Gasteiger partial charge in [0, 0.05) is 0 Å². The Morgan fingerprint density at radius 1 is 1.07 bits per heavy atom. The van der Waals surface area contributed by atoms with Crippen LogP contribution in [0, 0.1) is 19.8 Å². The van der Waals surface area contributed by atoms with Crippen molar-refractivity contribution in [2.24, 2.45) is 5.92 Å². The summed E-state index contributed by atoms with van der Waals surface area (Å²) in [6, 6.07) is 16.4. The van der Waals surface area contributed by atoms with Gasteiger partial charge in [-0.05, 0) is 67.2 Å². The number of ether oxygens (including phenoxy) is 1. The highest BCUT2D eigenvalue weighted by molar-refractivity contribution is 7.99. The molecule has 4 heteroatoms. The van der Waals surface area contributed by atoms with Crippen LogP contribution in [-0.2, 0) is 16.1 Å². The monoisotopic (exact) mass is 407 g/mol. The van der Waals surface area contributed by atoms with Crippen LogP contribution in [0.25, 0.3) is 5.57 Å². The highest BCUT2D eigenvalue weighted by atomic mass is 32.2. The molecular weight excluding hydrogens is 378 g/mol. The summed E-state index contributed by atoms with van der Waals surface area (Å²) in [7, 11) is 0. The molecule has 2 aliphatic heterocycles. The molecule has 2 aromatic rings. The van der Waals surface area contributed by atoms with E-state index in [1.165, 1.54) is 24.3 Å². The Morgan fingerprint density at radius 2 is 1.83 bits per heavy atom. The molecule has 4 rings (SSSR count). The highest BCUT2D eigenvalue weighted by Crippen LogP contribution is 2.35. The molecule has 1 amide bonds. The maximum Gasteiger partial charge on any atom is 0.255 e. The molecule has 0 spiro atoms. The quantitative estimate of drug-likeness (QED) is 0.709. The summed E-state index contributed by atoms with van der Waals surface area (Å²) >= 11 is 2.04. The van der Waals surface area contributed by atoms with E-state index in [1.807, 2.05) is 30.0 Å². The van der Waals surface area contributed by atoms with Crippen molar-refractivity contribution >= 4 is 23.2 Å². The first-order valence-electron chi connectivity index (χ1n) is 10.5. The highest BCUT2D eigenvalue weighted by Gasteiger charge is 2.36. The molecule has 1 fully saturated rings. The van der Waals surface area contributed by atoms with Gasteiger partial charge in [0.05, 0.1) is 11.6 Å². The van der Waals surface area contributed by atoms with Gasteiger partial charge in [-0.1, -0.05) is 54.1 Å². The summed E-state index contributed by atoms with van der Waals surface area (Å²) in [5, 5.41) is 3.24. The molecule has 3 nitrogen and oxygen atoms in total. The summed E-state index contributed by atoms with van der Waals surface area (Å²) in [4.78, 5) is 13.1. The third-order valence-electron chi connectivity index (χ3n) is 5.90. The van der Waals surface area contributed by atoms with Crippen molar-refractivity contribution in [3.05, 3.63) is 76.5 Å². The van der Waals surface area contributed by atoms with Crippen molar-refractivity contribution in [1.29, 1.82) is 0 Å². The van der Waals surface area contributed by atoms with Crippen LogP contribution >= 0.6 is 11.8 Å². The zero-order valence-corrected chi connectivity index (χ0v) is 18.1. The summed E-state index contributed by atoms with van der Waals surface area (Å²) in [5.74, 6) is 3.91. The van der Waals surface area contributed by atoms with Crippen LogP contribution in [0.5, 0.6) is 0 Å². The normalized spacial score (nSPS) is 20.1. The summed E-state index contributed by atoms with van der Waals surface area (Å²) in [6.45, 7) is 4.62. The van der Waals surface area contributed by atoms with E-state index in [-0.39, 0.29) is 11.9 Å². The van der Waals surface area contributed by atoms with Crippen molar-refractivity contribution in [2.75, 3.05) is 11.5 Å². The van der Waals surface area contributed by atoms with Crippen LogP contribution < -0.4 is 5.32 Å². The number of hydrogen-bond acceptors (Lipinski definition) is 3. The second kappa shape index (κ2) is 9.08. The molecule has 1 unspecified atom stereocenters. The molecular formula is C25H29NO2S. The molecule has 152 valence electrons. The maximum atomic E-state index is 13.1. The lowest BCUT2D eigenvalue weighted by Crippen LogP contribution is -2.32. The fourth-order valence-corrected chi connectivity index (χ4v) is 5.44. The van der Waals surface area contributed by atoms with Crippen molar-refractivity contribution in [1.82, 2.24) is 5.32 Å². The van der Waals surface area contributed by atoms with Crippen LogP contribution in [0.15, 0.2) is 54.3 Å². The second-order valence-corrected chi connectivity index (χ2v) is 9.37. The Morgan fingerprint density at radius 3 is 2.59 bits per heavy atom. The second-order valence-electron chi connectivity index (χ2n) is 8.15. The molecule has 0 saturated carbocycles. The fraction of sp³-hybridized carbons (Fsp3) is 0.400. The summed E-state index contributed by atoms with van der Waals surface area (Å²) in [6.07, 6.45) is 3.41. The van der Waals surface area contributed by atoms with E-state index in [0.717, 1.165) is 40.0 Å². The molecule has 1 atom stereocenters. The molecule has 0 aliphatic carbocycles. The molecule has 2 heterocycles. The third-order valence-corrected chi connectivity index (χ3v) is 6.95. The van der Waals surface area contributed by atoms with Gasteiger partial charge in [0.25, 0.3) is 5.91 Å². The third kappa shape index (κ3) is 4.69. The first-order valence-corrected chi connectivity index (χ1v) is 11.6. The number of carbonyl (C=O) groups excluding carboxylic acids is 1. The Hall–Kier alpha value is -2.20. The van der Waals surface area contributed by atoms with Crippen molar-refractivity contribution in [3.8, 4) is 0 Å². The molecule has 0 aromatic heterocycles. The van der Waals surface area contributed by atoms with Gasteiger partial charge in [-0.2, -0.15) is 11.8 Å². The lowest BCUT2D eigenvalue weighted by atomic mass is 9.92. The number of hydrogen-bond donors (Lipinski definition) is 1. The van der Waals surface area contributed by atoms with Crippen LogP contribution in [0.2, 0.25) is 0 Å². The van der Waals surface area contributed by atoms with E-state index in [1.54, 1.807) is 0 Å². The molecule has 1 N–H and O–H groups in total. The van der Waals surface area contributed by atoms with Gasteiger partial charge < -0.3 is 10.1 Å². The molecule has 2 aromatic carbocycles. The van der Waals surface area contributed by atoms with E-state index in [4.69, 9.17) is 4.74 Å². The summed E-state index contributed by atoms with van der Waals surface area (Å²) < 4.78 is 6.37. The standard InChI is InChI=1S/C25H29NO2S/c1-17-8-9-18(2)21(14-17)23-24(28-16-20-6-4-3-5-7-20)22(26-25(23)27)15-19-10-12-29-13-11-19/h3-9,14,19,22H,10-13,15-16H2,1-2H3,(H,26,27). The van der Waals surface area contributed by atoms with Gasteiger partial charge in [-0.15, -0.1) is 0 Å². The van der Waals surface area contributed by atoms with Crippen molar-refractivity contribution in [3.63, 3.8) is 0 Å². The average molecular weight is 408 g/mol. The van der Waals surface area contributed by atoms with Crippen LogP contribution in [0.3, 0.4) is 0 Å². The zero-order valence-electron chi connectivity index (χ0n) is 17.2. The first-order chi connectivity index (χ1) is 14.1. The molecule has 1 saturated heterocycles. The van der Waals surface area contributed by atoms with Gasteiger partial charge >= 0.3 is 0 Å². The zero-order chi connectivity index (χ0) is 20.2. The number of nitrogens with one attached hydrogen (secondary N) is 1. The average Bonchev–Trinajstić information content (AvgIpc) is 3.04. The predicted octanol–water partition coefficient (Wildman–Crippen LogP) is 5.26. The molecule has 0 bridgehead atoms. The van der Waals surface area contributed by atoms with E-state index >= 15 is 0 Å². The van der Waals surface area contributed by atoms with Crippen LogP contribution in [0.4, 0.5) is 0 Å². The Kier molecular flexibility index (Phi) is 6.29. The minimum atomic E-state index is -0.0331.